The van der Waals surface area contributed by atoms with Crippen LogP contribution in [-0.2, 0) is 14.4 Å². The first-order chi connectivity index (χ1) is 16.8. The van der Waals surface area contributed by atoms with Gasteiger partial charge in [0.15, 0.2) is 5.78 Å². The van der Waals surface area contributed by atoms with Crippen molar-refractivity contribution in [3.8, 4) is 5.75 Å². The Bertz CT molecular complexity index is 1190. The molecule has 2 saturated heterocycles. The summed E-state index contributed by atoms with van der Waals surface area (Å²) in [5.74, 6) is -1.16. The first-order valence-electron chi connectivity index (χ1n) is 12.0. The molecule has 10 heteroatoms. The molecule has 2 aromatic rings. The van der Waals surface area contributed by atoms with Gasteiger partial charge < -0.3 is 30.4 Å². The van der Waals surface area contributed by atoms with Crippen molar-refractivity contribution in [3.05, 3.63) is 30.0 Å². The van der Waals surface area contributed by atoms with Crippen molar-refractivity contribution in [2.24, 2.45) is 11.3 Å². The number of aliphatic hydroxyl groups excluding tert-OH is 1. The number of rotatable bonds is 8. The number of ketones is 1. The molecule has 4 N–H and O–H groups in total. The van der Waals surface area contributed by atoms with Crippen LogP contribution in [0.5, 0.6) is 5.75 Å². The van der Waals surface area contributed by atoms with Crippen LogP contribution in [0.2, 0.25) is 0 Å². The highest BCUT2D eigenvalue weighted by atomic mass is 16.5. The van der Waals surface area contributed by atoms with Gasteiger partial charge in [-0.05, 0) is 55.7 Å². The second kappa shape index (κ2) is 8.99. The van der Waals surface area contributed by atoms with Crippen molar-refractivity contribution in [1.82, 2.24) is 20.5 Å². The number of nitrogens with zero attached hydrogens (tertiary/aromatic N) is 1. The quantitative estimate of drug-likeness (QED) is 0.438. The maximum atomic E-state index is 13.6. The molecule has 35 heavy (non-hydrogen) atoms. The number of methoxy groups -OCH3 is 1. The Labute approximate surface area is 202 Å². The minimum Gasteiger partial charge on any atom is -0.496 e. The molecule has 2 aliphatic heterocycles. The van der Waals surface area contributed by atoms with Crippen LogP contribution >= 0.6 is 0 Å². The summed E-state index contributed by atoms with van der Waals surface area (Å²) in [6.07, 6.45) is 3.12. The van der Waals surface area contributed by atoms with Crippen molar-refractivity contribution in [2.45, 2.75) is 44.2 Å². The minimum absolute atomic E-state index is 0.0663. The lowest BCUT2D eigenvalue weighted by Crippen LogP contribution is -2.52. The van der Waals surface area contributed by atoms with Crippen LogP contribution in [0.4, 0.5) is 0 Å². The first kappa shape index (κ1) is 23.3. The number of hydrogen-bond donors (Lipinski definition) is 4. The number of carbonyl (C=O) groups is 4. The molecule has 186 valence electrons. The Morgan fingerprint density at radius 3 is 2.77 bits per heavy atom. The molecule has 3 atom stereocenters. The minimum atomic E-state index is -0.980. The third kappa shape index (κ3) is 4.38. The summed E-state index contributed by atoms with van der Waals surface area (Å²) in [5.41, 5.74) is 1.06. The van der Waals surface area contributed by atoms with Gasteiger partial charge in [0.2, 0.25) is 11.8 Å². The monoisotopic (exact) mass is 482 g/mol. The van der Waals surface area contributed by atoms with Crippen LogP contribution in [0.3, 0.4) is 0 Å². The van der Waals surface area contributed by atoms with E-state index in [-0.39, 0.29) is 23.7 Å². The fraction of sp³-hybridized carbons (Fsp3) is 0.520. The Morgan fingerprint density at radius 1 is 1.31 bits per heavy atom. The van der Waals surface area contributed by atoms with Gasteiger partial charge in [-0.3, -0.25) is 19.2 Å². The van der Waals surface area contributed by atoms with Gasteiger partial charge in [0.25, 0.3) is 5.91 Å². The standard InChI is InChI=1S/C25H30N4O6/c1-35-21-4-2-3-16-15(21)10-18(27-16)24(34)29-13-25(6-7-25)11-19(29)23(33)28-17(20(31)12-30)9-14-5-8-26-22(14)32/h2-4,10,14,17,19,27,30H,5-9,11-13H2,1H3,(H,26,32)(H,28,33)/t14-,17?,19-/m0/s1. The topological polar surface area (TPSA) is 141 Å². The van der Waals surface area contributed by atoms with E-state index < -0.39 is 36.3 Å². The number of nitrogens with one attached hydrogen (secondary N) is 3. The summed E-state index contributed by atoms with van der Waals surface area (Å²) < 4.78 is 5.40. The molecule has 10 nitrogen and oxygen atoms in total. The van der Waals surface area contributed by atoms with E-state index in [9.17, 15) is 24.3 Å². The van der Waals surface area contributed by atoms with E-state index in [1.54, 1.807) is 18.1 Å². The molecule has 1 unspecified atom stereocenters. The number of likely N-dealkylation sites (tertiary alicyclic amines) is 1. The number of fused-ring (bicyclic) bond motifs is 1. The molecule has 1 spiro atoms. The van der Waals surface area contributed by atoms with Crippen LogP contribution in [0.1, 0.15) is 42.6 Å². The lowest BCUT2D eigenvalue weighted by molar-refractivity contribution is -0.132. The van der Waals surface area contributed by atoms with Gasteiger partial charge in [-0.2, -0.15) is 0 Å². The number of carbonyl (C=O) groups excluding carboxylic acids is 4. The van der Waals surface area contributed by atoms with Gasteiger partial charge in [-0.25, -0.2) is 0 Å². The number of hydrogen-bond acceptors (Lipinski definition) is 6. The van der Waals surface area contributed by atoms with E-state index in [0.29, 0.717) is 37.4 Å². The van der Waals surface area contributed by atoms with Crippen LogP contribution in [0.15, 0.2) is 24.3 Å². The smallest absolute Gasteiger partial charge is 0.271 e. The molecule has 3 heterocycles. The highest BCUT2D eigenvalue weighted by Crippen LogP contribution is 2.55. The average molecular weight is 483 g/mol. The molecule has 0 radical (unpaired) electrons. The van der Waals surface area contributed by atoms with Crippen molar-refractivity contribution >= 4 is 34.4 Å². The lowest BCUT2D eigenvalue weighted by Gasteiger charge is -2.26. The highest BCUT2D eigenvalue weighted by molar-refractivity contribution is 6.02. The first-order valence-corrected chi connectivity index (χ1v) is 12.0. The molecule has 0 bridgehead atoms. The molecule has 5 rings (SSSR count). The lowest BCUT2D eigenvalue weighted by atomic mass is 9.95. The summed E-state index contributed by atoms with van der Waals surface area (Å²) in [6.45, 7) is 0.272. The number of aromatic amines is 1. The number of aliphatic hydroxyl groups is 1. The zero-order valence-corrected chi connectivity index (χ0v) is 19.6. The van der Waals surface area contributed by atoms with E-state index in [1.807, 2.05) is 18.2 Å². The van der Waals surface area contributed by atoms with E-state index in [1.165, 1.54) is 0 Å². The third-order valence-corrected chi connectivity index (χ3v) is 7.65. The number of aromatic nitrogens is 1. The van der Waals surface area contributed by atoms with Gasteiger partial charge >= 0.3 is 0 Å². The molecule has 3 fully saturated rings. The Hall–Kier alpha value is -3.40. The summed E-state index contributed by atoms with van der Waals surface area (Å²) in [4.78, 5) is 56.1. The summed E-state index contributed by atoms with van der Waals surface area (Å²) in [5, 5.41) is 15.7. The van der Waals surface area contributed by atoms with E-state index >= 15 is 0 Å². The number of ether oxygens (including phenoxy) is 1. The largest absolute Gasteiger partial charge is 0.496 e. The number of benzene rings is 1. The maximum Gasteiger partial charge on any atom is 0.271 e. The van der Waals surface area contributed by atoms with Gasteiger partial charge in [0.05, 0.1) is 13.2 Å². The van der Waals surface area contributed by atoms with Gasteiger partial charge in [-0.15, -0.1) is 0 Å². The molecule has 1 aromatic carbocycles. The predicted octanol–water partition coefficient (Wildman–Crippen LogP) is 0.744. The van der Waals surface area contributed by atoms with Crippen LogP contribution < -0.4 is 15.4 Å². The molecule has 1 aliphatic carbocycles. The van der Waals surface area contributed by atoms with Crippen LogP contribution in [0.25, 0.3) is 10.9 Å². The number of Topliss-reactive ketones (excluding diaryl/α,β-unsaturated/α-hetero) is 1. The Morgan fingerprint density at radius 2 is 2.11 bits per heavy atom. The zero-order chi connectivity index (χ0) is 24.7. The highest BCUT2D eigenvalue weighted by Gasteiger charge is 2.55. The van der Waals surface area contributed by atoms with Gasteiger partial charge in [0, 0.05) is 29.9 Å². The molecular formula is C25H30N4O6. The SMILES string of the molecule is COc1cccc2[nH]c(C(=O)N3CC4(CC4)C[C@H]3C(=O)NC(C[C@@H]3CCNC3=O)C(=O)CO)cc12. The Balaban J connectivity index is 1.36. The third-order valence-electron chi connectivity index (χ3n) is 7.65. The van der Waals surface area contributed by atoms with Crippen molar-refractivity contribution in [3.63, 3.8) is 0 Å². The second-order valence-corrected chi connectivity index (χ2v) is 9.96. The zero-order valence-electron chi connectivity index (χ0n) is 19.6. The fourth-order valence-corrected chi connectivity index (χ4v) is 5.42. The van der Waals surface area contributed by atoms with E-state index in [0.717, 1.165) is 23.7 Å². The fourth-order valence-electron chi connectivity index (χ4n) is 5.42. The predicted molar refractivity (Wildman–Crippen MR) is 126 cm³/mol. The van der Waals surface area contributed by atoms with Crippen molar-refractivity contribution < 1.29 is 29.0 Å². The normalized spacial score (nSPS) is 23.4. The average Bonchev–Trinajstić information content (AvgIpc) is 3.16. The summed E-state index contributed by atoms with van der Waals surface area (Å²) in [7, 11) is 1.57. The molecule has 1 aromatic heterocycles. The Kier molecular flexibility index (Phi) is 6.00. The van der Waals surface area contributed by atoms with Crippen LogP contribution in [-0.4, -0.2) is 77.4 Å². The van der Waals surface area contributed by atoms with Crippen LogP contribution in [0, 0.1) is 11.3 Å². The van der Waals surface area contributed by atoms with Gasteiger partial charge in [-0.1, -0.05) is 6.07 Å². The maximum absolute atomic E-state index is 13.6. The molecule has 3 aliphatic rings. The second-order valence-electron chi connectivity index (χ2n) is 9.96. The van der Waals surface area contributed by atoms with Gasteiger partial charge in [0.1, 0.15) is 24.1 Å². The van der Waals surface area contributed by atoms with E-state index in [4.69, 9.17) is 4.74 Å². The molecular weight excluding hydrogens is 452 g/mol. The number of H-pyrrole nitrogens is 1. The summed E-state index contributed by atoms with van der Waals surface area (Å²) in [6, 6.07) is 5.53. The number of amides is 3. The van der Waals surface area contributed by atoms with Crippen molar-refractivity contribution in [2.75, 3.05) is 26.8 Å². The molecule has 3 amide bonds. The summed E-state index contributed by atoms with van der Waals surface area (Å²) >= 11 is 0. The molecule has 1 saturated carbocycles. The van der Waals surface area contributed by atoms with E-state index in [2.05, 4.69) is 15.6 Å². The van der Waals surface area contributed by atoms with Crippen molar-refractivity contribution in [1.29, 1.82) is 0 Å².